The molecule has 0 aromatic carbocycles. The Hall–Kier alpha value is -1.60. The van der Waals surface area contributed by atoms with Crippen molar-refractivity contribution in [1.82, 2.24) is 10.3 Å². The molecule has 0 aliphatic heterocycles. The van der Waals surface area contributed by atoms with Crippen LogP contribution in [-0.2, 0) is 0 Å². The second-order valence-electron chi connectivity index (χ2n) is 5.06. The van der Waals surface area contributed by atoms with Crippen molar-refractivity contribution in [3.05, 3.63) is 23.9 Å². The van der Waals surface area contributed by atoms with E-state index in [9.17, 15) is 0 Å². The van der Waals surface area contributed by atoms with Crippen molar-refractivity contribution < 1.29 is 0 Å². The average Bonchev–Trinajstić information content (AvgIpc) is 3.25. The van der Waals surface area contributed by atoms with Crippen LogP contribution in [0.1, 0.15) is 44.7 Å². The van der Waals surface area contributed by atoms with Crippen molar-refractivity contribution >= 4 is 5.82 Å². The van der Waals surface area contributed by atoms with Gasteiger partial charge in [-0.3, -0.25) is 0 Å². The molecule has 0 radical (unpaired) electrons. The number of nitrogens with zero attached hydrogens (tertiary/aromatic N) is 3. The van der Waals surface area contributed by atoms with Crippen LogP contribution in [0.15, 0.2) is 18.3 Å². The molecule has 1 unspecified atom stereocenters. The highest BCUT2D eigenvalue weighted by molar-refractivity contribution is 5.42. The monoisotopic (exact) mass is 258 g/mol. The van der Waals surface area contributed by atoms with E-state index in [-0.39, 0.29) is 0 Å². The van der Waals surface area contributed by atoms with Gasteiger partial charge in [0.05, 0.1) is 12.5 Å². The van der Waals surface area contributed by atoms with E-state index in [4.69, 9.17) is 5.26 Å². The highest BCUT2D eigenvalue weighted by Crippen LogP contribution is 2.30. The summed E-state index contributed by atoms with van der Waals surface area (Å²) in [6, 6.07) is 7.36. The number of anilines is 1. The van der Waals surface area contributed by atoms with Crippen LogP contribution in [0.25, 0.3) is 0 Å². The highest BCUT2D eigenvalue weighted by atomic mass is 15.2. The Labute approximate surface area is 115 Å². The van der Waals surface area contributed by atoms with Gasteiger partial charge >= 0.3 is 0 Å². The van der Waals surface area contributed by atoms with Crippen LogP contribution in [0, 0.1) is 11.3 Å². The van der Waals surface area contributed by atoms with Crippen molar-refractivity contribution in [2.24, 2.45) is 0 Å². The summed E-state index contributed by atoms with van der Waals surface area (Å²) in [4.78, 5) is 6.84. The van der Waals surface area contributed by atoms with Crippen LogP contribution in [0.5, 0.6) is 0 Å². The van der Waals surface area contributed by atoms with E-state index in [2.05, 4.69) is 47.3 Å². The minimum atomic E-state index is 0.333. The number of rotatable bonds is 7. The third-order valence-electron chi connectivity index (χ3n) is 3.53. The molecule has 19 heavy (non-hydrogen) atoms. The van der Waals surface area contributed by atoms with Gasteiger partial charge in [0, 0.05) is 24.8 Å². The maximum absolute atomic E-state index is 8.73. The number of pyridine rings is 1. The molecule has 102 valence electrons. The molecule has 1 aromatic heterocycles. The topological polar surface area (TPSA) is 52.0 Å². The highest BCUT2D eigenvalue weighted by Gasteiger charge is 2.29. The number of hydrogen-bond donors (Lipinski definition) is 1. The Morgan fingerprint density at radius 3 is 2.84 bits per heavy atom. The smallest absolute Gasteiger partial charge is 0.128 e. The zero-order valence-electron chi connectivity index (χ0n) is 11.8. The van der Waals surface area contributed by atoms with Crippen LogP contribution in [-0.4, -0.2) is 24.1 Å². The number of aromatic nitrogens is 1. The first kappa shape index (κ1) is 13.8. The molecule has 1 aliphatic carbocycles. The maximum atomic E-state index is 8.73. The molecule has 1 heterocycles. The molecule has 0 saturated heterocycles. The number of nitrogens with one attached hydrogen (secondary N) is 1. The quantitative estimate of drug-likeness (QED) is 0.817. The first-order valence-corrected chi connectivity index (χ1v) is 7.09. The molecule has 0 spiro atoms. The molecule has 1 aromatic rings. The van der Waals surface area contributed by atoms with Crippen molar-refractivity contribution in [2.75, 3.05) is 18.0 Å². The molecular formula is C15H22N4. The molecular weight excluding hydrogens is 236 g/mol. The zero-order valence-corrected chi connectivity index (χ0v) is 11.8. The van der Waals surface area contributed by atoms with Crippen molar-refractivity contribution in [1.29, 1.82) is 5.26 Å². The largest absolute Gasteiger partial charge is 0.353 e. The lowest BCUT2D eigenvalue weighted by atomic mass is 10.1. The minimum absolute atomic E-state index is 0.333. The lowest BCUT2D eigenvalue weighted by Crippen LogP contribution is -2.27. The molecule has 1 saturated carbocycles. The molecule has 0 amide bonds. The van der Waals surface area contributed by atoms with Gasteiger partial charge in [-0.05, 0) is 37.9 Å². The normalized spacial score (nSPS) is 15.8. The average molecular weight is 258 g/mol. The maximum Gasteiger partial charge on any atom is 0.128 e. The fraction of sp³-hybridized carbons (Fsp3) is 0.600. The second kappa shape index (κ2) is 6.53. The van der Waals surface area contributed by atoms with E-state index in [1.165, 1.54) is 18.4 Å². The second-order valence-corrected chi connectivity index (χ2v) is 5.06. The van der Waals surface area contributed by atoms with Gasteiger partial charge in [-0.15, -0.1) is 0 Å². The third kappa shape index (κ3) is 3.68. The van der Waals surface area contributed by atoms with Gasteiger partial charge in [-0.25, -0.2) is 4.98 Å². The van der Waals surface area contributed by atoms with Crippen molar-refractivity contribution in [3.63, 3.8) is 0 Å². The zero-order chi connectivity index (χ0) is 13.7. The summed E-state index contributed by atoms with van der Waals surface area (Å²) >= 11 is 0. The standard InChI is InChI=1S/C15H22N4/c1-3-17-12(2)13-5-8-15(18-11-13)19(10-4-9-16)14-6-7-14/h5,8,11-12,14,17H,3-4,6-7,10H2,1-2H3. The van der Waals surface area contributed by atoms with E-state index >= 15 is 0 Å². The van der Waals surface area contributed by atoms with Crippen LogP contribution in [0.4, 0.5) is 5.82 Å². The Kier molecular flexibility index (Phi) is 4.75. The summed E-state index contributed by atoms with van der Waals surface area (Å²) in [6.07, 6.45) is 4.96. The summed E-state index contributed by atoms with van der Waals surface area (Å²) in [5.41, 5.74) is 1.21. The number of hydrogen-bond acceptors (Lipinski definition) is 4. The van der Waals surface area contributed by atoms with Gasteiger partial charge in [0.2, 0.25) is 0 Å². The fourth-order valence-corrected chi connectivity index (χ4v) is 2.29. The molecule has 2 rings (SSSR count). The Balaban J connectivity index is 2.05. The molecule has 1 atom stereocenters. The molecule has 1 N–H and O–H groups in total. The third-order valence-corrected chi connectivity index (χ3v) is 3.53. The van der Waals surface area contributed by atoms with Crippen LogP contribution in [0.2, 0.25) is 0 Å². The summed E-state index contributed by atoms with van der Waals surface area (Å²) in [5, 5.41) is 12.1. The fourth-order valence-electron chi connectivity index (χ4n) is 2.29. The van der Waals surface area contributed by atoms with Gasteiger partial charge in [-0.1, -0.05) is 13.0 Å². The van der Waals surface area contributed by atoms with Crippen LogP contribution < -0.4 is 10.2 Å². The first-order valence-electron chi connectivity index (χ1n) is 7.09. The van der Waals surface area contributed by atoms with E-state index in [0.717, 1.165) is 18.9 Å². The minimum Gasteiger partial charge on any atom is -0.353 e. The molecule has 4 nitrogen and oxygen atoms in total. The van der Waals surface area contributed by atoms with Crippen molar-refractivity contribution in [3.8, 4) is 6.07 Å². The van der Waals surface area contributed by atoms with Gasteiger partial charge < -0.3 is 10.2 Å². The predicted octanol–water partition coefficient (Wildman–Crippen LogP) is 2.63. The summed E-state index contributed by atoms with van der Waals surface area (Å²) in [7, 11) is 0. The molecule has 0 bridgehead atoms. The van der Waals surface area contributed by atoms with Crippen LogP contribution in [0.3, 0.4) is 0 Å². The predicted molar refractivity (Wildman–Crippen MR) is 76.9 cm³/mol. The van der Waals surface area contributed by atoms with E-state index in [0.29, 0.717) is 18.5 Å². The Morgan fingerprint density at radius 2 is 2.32 bits per heavy atom. The van der Waals surface area contributed by atoms with Gasteiger partial charge in [0.15, 0.2) is 0 Å². The summed E-state index contributed by atoms with van der Waals surface area (Å²) in [5.74, 6) is 1.00. The van der Waals surface area contributed by atoms with E-state index < -0.39 is 0 Å². The van der Waals surface area contributed by atoms with Gasteiger partial charge in [0.25, 0.3) is 0 Å². The SMILES string of the molecule is CCNC(C)c1ccc(N(CCC#N)C2CC2)nc1. The van der Waals surface area contributed by atoms with Crippen LogP contribution >= 0.6 is 0 Å². The molecule has 1 fully saturated rings. The van der Waals surface area contributed by atoms with Gasteiger partial charge in [0.1, 0.15) is 5.82 Å². The Morgan fingerprint density at radius 1 is 1.53 bits per heavy atom. The van der Waals surface area contributed by atoms with Gasteiger partial charge in [-0.2, -0.15) is 5.26 Å². The lowest BCUT2D eigenvalue weighted by Gasteiger charge is -2.23. The van der Waals surface area contributed by atoms with Crippen molar-refractivity contribution in [2.45, 2.75) is 45.2 Å². The summed E-state index contributed by atoms with van der Waals surface area (Å²) < 4.78 is 0. The number of nitriles is 1. The molecule has 1 aliphatic rings. The first-order chi connectivity index (χ1) is 9.26. The van der Waals surface area contributed by atoms with E-state index in [1.54, 1.807) is 0 Å². The summed E-state index contributed by atoms with van der Waals surface area (Å²) in [6.45, 7) is 6.00. The lowest BCUT2D eigenvalue weighted by molar-refractivity contribution is 0.596. The molecule has 4 heteroatoms. The Bertz CT molecular complexity index is 430. The van der Waals surface area contributed by atoms with E-state index in [1.807, 2.05) is 6.20 Å².